The van der Waals surface area contributed by atoms with Crippen molar-refractivity contribution in [3.63, 3.8) is 0 Å². The Morgan fingerprint density at radius 3 is 2.83 bits per heavy atom. The molecule has 4 rings (SSSR count). The number of aliphatic hydroxyl groups excluding tert-OH is 1. The monoisotopic (exact) mass is 330 g/mol. The summed E-state index contributed by atoms with van der Waals surface area (Å²) in [6, 6.07) is 7.57. The van der Waals surface area contributed by atoms with Gasteiger partial charge in [-0.05, 0) is 36.8 Å². The Morgan fingerprint density at radius 2 is 2.00 bits per heavy atom. The van der Waals surface area contributed by atoms with E-state index in [0.717, 1.165) is 43.4 Å². The average Bonchev–Trinajstić information content (AvgIpc) is 3.13. The molecule has 3 atom stereocenters. The number of hydrogen-bond acceptors (Lipinski definition) is 3. The molecular formula is C19H26N2O3. The Balaban J connectivity index is 1.37. The molecule has 1 aliphatic heterocycles. The highest BCUT2D eigenvalue weighted by atomic mass is 16.5. The van der Waals surface area contributed by atoms with Crippen molar-refractivity contribution in [2.24, 2.45) is 0 Å². The maximum atomic E-state index is 12.5. The van der Waals surface area contributed by atoms with Crippen molar-refractivity contribution < 1.29 is 14.6 Å². The van der Waals surface area contributed by atoms with Crippen LogP contribution in [0.2, 0.25) is 0 Å². The Bertz CT molecular complexity index is 612. The van der Waals surface area contributed by atoms with Crippen molar-refractivity contribution >= 4 is 6.03 Å². The van der Waals surface area contributed by atoms with E-state index in [0.29, 0.717) is 6.42 Å². The molecule has 0 aromatic heterocycles. The van der Waals surface area contributed by atoms with Crippen LogP contribution in [0.3, 0.4) is 0 Å². The van der Waals surface area contributed by atoms with Crippen LogP contribution in [-0.4, -0.2) is 35.5 Å². The molecule has 5 heteroatoms. The number of carbonyl (C=O) groups is 1. The molecule has 1 unspecified atom stereocenters. The summed E-state index contributed by atoms with van der Waals surface area (Å²) in [6.45, 7) is 0.722. The lowest BCUT2D eigenvalue weighted by molar-refractivity contribution is -0.0820. The van der Waals surface area contributed by atoms with Crippen molar-refractivity contribution in [3.8, 4) is 0 Å². The van der Waals surface area contributed by atoms with Gasteiger partial charge in [0.2, 0.25) is 0 Å². The molecule has 5 nitrogen and oxygen atoms in total. The first kappa shape index (κ1) is 15.9. The zero-order valence-electron chi connectivity index (χ0n) is 14.0. The maximum absolute atomic E-state index is 12.5. The van der Waals surface area contributed by atoms with Crippen LogP contribution >= 0.6 is 0 Å². The van der Waals surface area contributed by atoms with Crippen LogP contribution in [-0.2, 0) is 11.2 Å². The van der Waals surface area contributed by atoms with Gasteiger partial charge < -0.3 is 20.5 Å². The number of rotatable bonds is 2. The van der Waals surface area contributed by atoms with Crippen LogP contribution in [0.1, 0.15) is 55.7 Å². The van der Waals surface area contributed by atoms with E-state index in [2.05, 4.69) is 10.6 Å². The largest absolute Gasteiger partial charge is 0.390 e. The second kappa shape index (κ2) is 6.37. The molecule has 2 fully saturated rings. The molecule has 1 heterocycles. The zero-order valence-corrected chi connectivity index (χ0v) is 14.0. The van der Waals surface area contributed by atoms with Crippen molar-refractivity contribution in [1.29, 1.82) is 0 Å². The van der Waals surface area contributed by atoms with Gasteiger partial charge in [-0.2, -0.15) is 0 Å². The van der Waals surface area contributed by atoms with Crippen LogP contribution in [0.25, 0.3) is 0 Å². The summed E-state index contributed by atoms with van der Waals surface area (Å²) in [5.41, 5.74) is 2.14. The maximum Gasteiger partial charge on any atom is 0.315 e. The van der Waals surface area contributed by atoms with Gasteiger partial charge in [-0.1, -0.05) is 37.1 Å². The van der Waals surface area contributed by atoms with E-state index in [1.807, 2.05) is 24.3 Å². The predicted octanol–water partition coefficient (Wildman–Crippen LogP) is 2.44. The van der Waals surface area contributed by atoms with Crippen LogP contribution in [0.4, 0.5) is 4.79 Å². The lowest BCUT2D eigenvalue weighted by atomic mass is 9.89. The first-order valence-electron chi connectivity index (χ1n) is 9.12. The molecule has 1 aromatic rings. The van der Waals surface area contributed by atoms with Gasteiger partial charge in [0, 0.05) is 19.1 Å². The third-order valence-corrected chi connectivity index (χ3v) is 5.83. The highest BCUT2D eigenvalue weighted by Gasteiger charge is 2.40. The first-order valence-corrected chi connectivity index (χ1v) is 9.12. The SMILES string of the molecule is O=C(NC1CCOC2(CCCC2)C1)N[C@@H]1c2ccccc2C[C@@H]1O. The topological polar surface area (TPSA) is 70.6 Å². The number of ether oxygens (including phenoxy) is 1. The molecule has 1 saturated carbocycles. The molecule has 2 amide bonds. The molecule has 0 bridgehead atoms. The Morgan fingerprint density at radius 1 is 1.21 bits per heavy atom. The highest BCUT2D eigenvalue weighted by Crippen LogP contribution is 2.40. The van der Waals surface area contributed by atoms with Crippen molar-refractivity contribution in [2.45, 2.75) is 68.7 Å². The van der Waals surface area contributed by atoms with Gasteiger partial charge in [-0.15, -0.1) is 0 Å². The normalized spacial score (nSPS) is 31.0. The number of amides is 2. The van der Waals surface area contributed by atoms with E-state index in [1.165, 1.54) is 12.8 Å². The number of nitrogens with one attached hydrogen (secondary N) is 2. The lowest BCUT2D eigenvalue weighted by Gasteiger charge is -2.38. The van der Waals surface area contributed by atoms with E-state index in [9.17, 15) is 9.90 Å². The van der Waals surface area contributed by atoms with Crippen LogP contribution < -0.4 is 10.6 Å². The third-order valence-electron chi connectivity index (χ3n) is 5.83. The van der Waals surface area contributed by atoms with Crippen molar-refractivity contribution in [3.05, 3.63) is 35.4 Å². The minimum Gasteiger partial charge on any atom is -0.390 e. The molecule has 130 valence electrons. The fraction of sp³-hybridized carbons (Fsp3) is 0.632. The summed E-state index contributed by atoms with van der Waals surface area (Å²) in [7, 11) is 0. The second-order valence-electron chi connectivity index (χ2n) is 7.49. The number of carbonyl (C=O) groups excluding carboxylic acids is 1. The van der Waals surface area contributed by atoms with Crippen molar-refractivity contribution in [2.75, 3.05) is 6.61 Å². The van der Waals surface area contributed by atoms with Crippen LogP contribution in [0.5, 0.6) is 0 Å². The van der Waals surface area contributed by atoms with E-state index < -0.39 is 6.10 Å². The fourth-order valence-electron chi connectivity index (χ4n) is 4.63. The van der Waals surface area contributed by atoms with Gasteiger partial charge in [0.15, 0.2) is 0 Å². The molecule has 3 aliphatic rings. The molecule has 3 N–H and O–H groups in total. The third kappa shape index (κ3) is 3.03. The molecule has 2 aliphatic carbocycles. The van der Waals surface area contributed by atoms with Gasteiger partial charge in [-0.25, -0.2) is 4.79 Å². The van der Waals surface area contributed by atoms with Gasteiger partial charge in [-0.3, -0.25) is 0 Å². The van der Waals surface area contributed by atoms with E-state index in [4.69, 9.17) is 4.74 Å². The number of aliphatic hydroxyl groups is 1. The molecule has 1 aromatic carbocycles. The zero-order chi connectivity index (χ0) is 16.6. The fourth-order valence-corrected chi connectivity index (χ4v) is 4.63. The van der Waals surface area contributed by atoms with Gasteiger partial charge in [0.05, 0.1) is 17.7 Å². The van der Waals surface area contributed by atoms with E-state index in [1.54, 1.807) is 0 Å². The molecule has 1 spiro atoms. The quantitative estimate of drug-likeness (QED) is 0.780. The second-order valence-corrected chi connectivity index (χ2v) is 7.49. The summed E-state index contributed by atoms with van der Waals surface area (Å²) >= 11 is 0. The Hall–Kier alpha value is -1.59. The summed E-state index contributed by atoms with van der Waals surface area (Å²) in [5, 5.41) is 16.3. The number of fused-ring (bicyclic) bond motifs is 1. The summed E-state index contributed by atoms with van der Waals surface area (Å²) in [6.07, 6.45) is 6.49. The smallest absolute Gasteiger partial charge is 0.315 e. The van der Waals surface area contributed by atoms with Gasteiger partial charge in [0.25, 0.3) is 0 Å². The van der Waals surface area contributed by atoms with Gasteiger partial charge >= 0.3 is 6.03 Å². The highest BCUT2D eigenvalue weighted by molar-refractivity contribution is 5.75. The number of urea groups is 1. The number of benzene rings is 1. The molecular weight excluding hydrogens is 304 g/mol. The lowest BCUT2D eigenvalue weighted by Crippen LogP contribution is -2.51. The van der Waals surface area contributed by atoms with E-state index >= 15 is 0 Å². The number of hydrogen-bond donors (Lipinski definition) is 3. The summed E-state index contributed by atoms with van der Waals surface area (Å²) in [5.74, 6) is 0. The van der Waals surface area contributed by atoms with Gasteiger partial charge in [0.1, 0.15) is 0 Å². The summed E-state index contributed by atoms with van der Waals surface area (Å²) in [4.78, 5) is 12.5. The molecule has 24 heavy (non-hydrogen) atoms. The summed E-state index contributed by atoms with van der Waals surface area (Å²) < 4.78 is 6.02. The predicted molar refractivity (Wildman–Crippen MR) is 90.7 cm³/mol. The first-order chi connectivity index (χ1) is 11.7. The van der Waals surface area contributed by atoms with E-state index in [-0.39, 0.29) is 23.7 Å². The average molecular weight is 330 g/mol. The Labute approximate surface area is 142 Å². The van der Waals surface area contributed by atoms with Crippen LogP contribution in [0, 0.1) is 0 Å². The molecule has 0 radical (unpaired) electrons. The minimum absolute atomic E-state index is 0.00430. The Kier molecular flexibility index (Phi) is 4.22. The van der Waals surface area contributed by atoms with Crippen LogP contribution in [0.15, 0.2) is 24.3 Å². The van der Waals surface area contributed by atoms with Crippen molar-refractivity contribution in [1.82, 2.24) is 10.6 Å². The molecule has 1 saturated heterocycles. The standard InChI is InChI=1S/C19H26N2O3/c22-16-11-13-5-1-2-6-15(13)17(16)21-18(23)20-14-7-10-24-19(12-14)8-3-4-9-19/h1-2,5-6,14,16-17,22H,3-4,7-12H2,(H2,20,21,23)/t14?,16-,17+/m0/s1. The minimum atomic E-state index is -0.552.